The fraction of sp³-hybridized carbons (Fsp3) is 0.545. The highest BCUT2D eigenvalue weighted by molar-refractivity contribution is 8.23. The van der Waals surface area contributed by atoms with Crippen molar-refractivity contribution in [1.82, 2.24) is 15.3 Å². The molecule has 0 aromatic carbocycles. The lowest BCUT2D eigenvalue weighted by atomic mass is 10.2. The molecule has 20 heavy (non-hydrogen) atoms. The van der Waals surface area contributed by atoms with E-state index in [4.69, 9.17) is 0 Å². The van der Waals surface area contributed by atoms with Gasteiger partial charge in [-0.15, -0.1) is 11.8 Å². The molecule has 110 valence electrons. The molecule has 0 aromatic rings. The van der Waals surface area contributed by atoms with E-state index in [1.165, 1.54) is 33.4 Å². The SMILES string of the molecule is CNN(C)C(=O)C(C)SC1=C(C(=O)O)N2C(=O)C[C@H]2S1. The Labute approximate surface area is 124 Å². The molecule has 2 N–H and O–H groups in total. The molecule has 1 saturated heterocycles. The average Bonchev–Trinajstić information content (AvgIpc) is 2.69. The number of hydrogen-bond donors (Lipinski definition) is 2. The third-order valence-electron chi connectivity index (χ3n) is 3.08. The molecule has 0 spiro atoms. The van der Waals surface area contributed by atoms with Gasteiger partial charge in [-0.05, 0) is 6.92 Å². The number of nitrogens with zero attached hydrogens (tertiary/aromatic N) is 2. The molecule has 0 aliphatic carbocycles. The number of rotatable bonds is 5. The van der Waals surface area contributed by atoms with Gasteiger partial charge in [0.15, 0.2) is 5.70 Å². The highest BCUT2D eigenvalue weighted by Gasteiger charge is 2.49. The Bertz CT molecular complexity index is 508. The van der Waals surface area contributed by atoms with Crippen LogP contribution in [0.5, 0.6) is 0 Å². The molecular formula is C11H15N3O4S2. The molecular weight excluding hydrogens is 302 g/mol. The van der Waals surface area contributed by atoms with Gasteiger partial charge in [-0.3, -0.25) is 19.5 Å². The molecule has 1 unspecified atom stereocenters. The van der Waals surface area contributed by atoms with Crippen molar-refractivity contribution >= 4 is 41.3 Å². The molecule has 7 nitrogen and oxygen atoms in total. The number of hydrogen-bond acceptors (Lipinski definition) is 6. The smallest absolute Gasteiger partial charge is 0.354 e. The zero-order valence-corrected chi connectivity index (χ0v) is 12.9. The van der Waals surface area contributed by atoms with Crippen LogP contribution in [0.1, 0.15) is 13.3 Å². The molecule has 0 aromatic heterocycles. The second-order valence-corrected chi connectivity index (χ2v) is 7.16. The van der Waals surface area contributed by atoms with Crippen LogP contribution in [0.3, 0.4) is 0 Å². The van der Waals surface area contributed by atoms with Crippen LogP contribution >= 0.6 is 23.5 Å². The van der Waals surface area contributed by atoms with Crippen molar-refractivity contribution in [2.75, 3.05) is 14.1 Å². The summed E-state index contributed by atoms with van der Waals surface area (Å²) in [5, 5.41) is 10.0. The quantitative estimate of drug-likeness (QED) is 0.555. The normalized spacial score (nSPS) is 22.4. The van der Waals surface area contributed by atoms with E-state index < -0.39 is 11.2 Å². The highest BCUT2D eigenvalue weighted by Crippen LogP contribution is 2.51. The maximum atomic E-state index is 12.0. The van der Waals surface area contributed by atoms with Crippen molar-refractivity contribution in [3.8, 4) is 0 Å². The molecule has 2 heterocycles. The van der Waals surface area contributed by atoms with Gasteiger partial charge in [0.2, 0.25) is 11.8 Å². The molecule has 0 radical (unpaired) electrons. The third kappa shape index (κ3) is 2.52. The minimum Gasteiger partial charge on any atom is -0.477 e. The molecule has 2 aliphatic heterocycles. The minimum absolute atomic E-state index is 0.00742. The van der Waals surface area contributed by atoms with Crippen molar-refractivity contribution in [2.45, 2.75) is 24.0 Å². The summed E-state index contributed by atoms with van der Waals surface area (Å²) in [6, 6.07) is 0. The van der Waals surface area contributed by atoms with Gasteiger partial charge < -0.3 is 5.11 Å². The lowest BCUT2D eigenvalue weighted by Crippen LogP contribution is -2.48. The first-order valence-corrected chi connectivity index (χ1v) is 7.70. The van der Waals surface area contributed by atoms with Crippen molar-refractivity contribution in [2.24, 2.45) is 0 Å². The number of carboxylic acid groups (broad SMARTS) is 1. The third-order valence-corrected chi connectivity index (χ3v) is 5.68. The second-order valence-electron chi connectivity index (χ2n) is 4.36. The fourth-order valence-corrected chi connectivity index (χ4v) is 4.86. The van der Waals surface area contributed by atoms with Crippen LogP contribution in [-0.4, -0.2) is 57.5 Å². The van der Waals surface area contributed by atoms with Gasteiger partial charge in [0.25, 0.3) is 0 Å². The number of aliphatic carboxylic acids is 1. The van der Waals surface area contributed by atoms with E-state index in [0.29, 0.717) is 10.7 Å². The summed E-state index contributed by atoms with van der Waals surface area (Å²) in [6.45, 7) is 1.71. The number of carbonyl (C=O) groups excluding carboxylic acids is 2. The molecule has 2 amide bonds. The predicted molar refractivity (Wildman–Crippen MR) is 76.4 cm³/mol. The van der Waals surface area contributed by atoms with Gasteiger partial charge in [-0.25, -0.2) is 10.2 Å². The molecule has 0 bridgehead atoms. The Kier molecular flexibility index (Phi) is 4.31. The largest absolute Gasteiger partial charge is 0.477 e. The summed E-state index contributed by atoms with van der Waals surface area (Å²) in [7, 11) is 3.23. The van der Waals surface area contributed by atoms with E-state index in [2.05, 4.69) is 5.43 Å². The summed E-state index contributed by atoms with van der Waals surface area (Å²) in [6.07, 6.45) is 0.351. The van der Waals surface area contributed by atoms with E-state index in [1.807, 2.05) is 0 Å². The second kappa shape index (κ2) is 5.66. The number of β-lactam (4-membered cyclic amide) rings is 1. The van der Waals surface area contributed by atoms with E-state index in [-0.39, 0.29) is 22.9 Å². The van der Waals surface area contributed by atoms with Crippen LogP contribution in [0.4, 0.5) is 0 Å². The zero-order chi connectivity index (χ0) is 15.0. The first kappa shape index (κ1) is 15.2. The summed E-state index contributed by atoms with van der Waals surface area (Å²) < 4.78 is 0.527. The molecule has 2 aliphatic rings. The fourth-order valence-electron chi connectivity index (χ4n) is 1.90. The van der Waals surface area contributed by atoms with Gasteiger partial charge in [0.05, 0.1) is 21.3 Å². The lowest BCUT2D eigenvalue weighted by molar-refractivity contribution is -0.145. The average molecular weight is 317 g/mol. The molecule has 1 fully saturated rings. The van der Waals surface area contributed by atoms with Crippen molar-refractivity contribution in [3.63, 3.8) is 0 Å². The van der Waals surface area contributed by atoms with Crippen LogP contribution < -0.4 is 5.43 Å². The topological polar surface area (TPSA) is 89.9 Å². The van der Waals surface area contributed by atoms with Gasteiger partial charge in [0.1, 0.15) is 0 Å². The van der Waals surface area contributed by atoms with Crippen LogP contribution in [0.2, 0.25) is 0 Å². The van der Waals surface area contributed by atoms with Gasteiger partial charge in [-0.1, -0.05) is 11.8 Å². The van der Waals surface area contributed by atoms with Crippen molar-refractivity contribution in [1.29, 1.82) is 0 Å². The molecule has 2 rings (SSSR count). The number of fused-ring (bicyclic) bond motifs is 1. The van der Waals surface area contributed by atoms with Crippen molar-refractivity contribution < 1.29 is 19.5 Å². The highest BCUT2D eigenvalue weighted by atomic mass is 32.2. The van der Waals surface area contributed by atoms with Crippen LogP contribution in [0, 0.1) is 0 Å². The van der Waals surface area contributed by atoms with Crippen LogP contribution in [0.25, 0.3) is 0 Å². The van der Waals surface area contributed by atoms with E-state index >= 15 is 0 Å². The first-order chi connectivity index (χ1) is 9.36. The van der Waals surface area contributed by atoms with Crippen LogP contribution in [0.15, 0.2) is 9.93 Å². The van der Waals surface area contributed by atoms with E-state index in [0.717, 1.165) is 0 Å². The molecule has 0 saturated carbocycles. The van der Waals surface area contributed by atoms with Crippen molar-refractivity contribution in [3.05, 3.63) is 9.93 Å². The Morgan fingerprint density at radius 3 is 2.75 bits per heavy atom. The van der Waals surface area contributed by atoms with Gasteiger partial charge >= 0.3 is 5.97 Å². The Morgan fingerprint density at radius 1 is 1.60 bits per heavy atom. The lowest BCUT2D eigenvalue weighted by Gasteiger charge is -2.33. The maximum Gasteiger partial charge on any atom is 0.354 e. The number of hydrazine groups is 1. The zero-order valence-electron chi connectivity index (χ0n) is 11.2. The number of thioether (sulfide) groups is 2. The predicted octanol–water partition coefficient (Wildman–Crippen LogP) is 0.260. The monoisotopic (exact) mass is 317 g/mol. The summed E-state index contributed by atoms with van der Waals surface area (Å²) >= 11 is 2.52. The Morgan fingerprint density at radius 2 is 2.25 bits per heavy atom. The van der Waals surface area contributed by atoms with E-state index in [1.54, 1.807) is 21.0 Å². The summed E-state index contributed by atoms with van der Waals surface area (Å²) in [4.78, 5) is 36.0. The minimum atomic E-state index is -1.13. The Balaban J connectivity index is 2.14. The first-order valence-electron chi connectivity index (χ1n) is 5.94. The number of amides is 2. The Hall–Kier alpha value is -1.19. The van der Waals surface area contributed by atoms with Gasteiger partial charge in [0, 0.05) is 14.1 Å². The summed E-state index contributed by atoms with van der Waals surface area (Å²) in [5.41, 5.74) is 2.72. The summed E-state index contributed by atoms with van der Waals surface area (Å²) in [5.74, 6) is -1.46. The number of carbonyl (C=O) groups is 3. The molecule has 2 atom stereocenters. The van der Waals surface area contributed by atoms with Gasteiger partial charge in [-0.2, -0.15) is 0 Å². The number of nitrogens with one attached hydrogen (secondary N) is 1. The number of carboxylic acids is 1. The standard InChI is InChI=1S/C11H15N3O4S2/c1-5(9(16)13(3)12-2)19-11-8(10(17)18)14-6(15)4-7(14)20-11/h5,7,12H,4H2,1-3H3,(H,17,18)/t5?,7-/m1/s1. The van der Waals surface area contributed by atoms with Crippen LogP contribution in [-0.2, 0) is 14.4 Å². The maximum absolute atomic E-state index is 12.0. The van der Waals surface area contributed by atoms with E-state index in [9.17, 15) is 19.5 Å². The molecule has 9 heteroatoms.